The molecule has 0 atom stereocenters. The lowest BCUT2D eigenvalue weighted by Gasteiger charge is -2.07. The van der Waals surface area contributed by atoms with E-state index in [1.807, 2.05) is 0 Å². The van der Waals surface area contributed by atoms with Crippen molar-refractivity contribution in [2.45, 2.75) is 19.3 Å². The first-order valence-electron chi connectivity index (χ1n) is 8.98. The molecule has 0 saturated heterocycles. The summed E-state index contributed by atoms with van der Waals surface area (Å²) in [7, 11) is 3.18. The van der Waals surface area contributed by atoms with Crippen molar-refractivity contribution in [1.29, 1.82) is 0 Å². The minimum Gasteiger partial charge on any atom is -0.497 e. The van der Waals surface area contributed by atoms with E-state index in [1.165, 1.54) is 0 Å². The Morgan fingerprint density at radius 2 is 1.04 bits per heavy atom. The predicted molar refractivity (Wildman–Crippen MR) is 105 cm³/mol. The summed E-state index contributed by atoms with van der Waals surface area (Å²) in [5.74, 6) is 1.27. The Morgan fingerprint density at radius 3 is 1.37 bits per heavy atom. The van der Waals surface area contributed by atoms with Gasteiger partial charge in [-0.1, -0.05) is 0 Å². The highest BCUT2D eigenvalue weighted by Gasteiger charge is 2.06. The van der Waals surface area contributed by atoms with Crippen molar-refractivity contribution < 1.29 is 19.1 Å². The fourth-order valence-corrected chi connectivity index (χ4v) is 2.52. The monoisotopic (exact) mass is 370 g/mol. The van der Waals surface area contributed by atoms with Crippen LogP contribution in [0.25, 0.3) is 0 Å². The largest absolute Gasteiger partial charge is 0.497 e. The first-order chi connectivity index (χ1) is 13.1. The topological polar surface area (TPSA) is 76.7 Å². The molecule has 2 rings (SSSR count). The molecule has 0 fully saturated rings. The van der Waals surface area contributed by atoms with Crippen LogP contribution in [0.15, 0.2) is 48.5 Å². The van der Waals surface area contributed by atoms with Crippen LogP contribution in [0.1, 0.15) is 40.0 Å². The van der Waals surface area contributed by atoms with Crippen LogP contribution in [-0.2, 0) is 0 Å². The molecule has 144 valence electrons. The van der Waals surface area contributed by atoms with Crippen molar-refractivity contribution in [1.82, 2.24) is 10.6 Å². The molecular formula is C21H26N2O4. The van der Waals surface area contributed by atoms with Crippen molar-refractivity contribution in [3.63, 3.8) is 0 Å². The van der Waals surface area contributed by atoms with Crippen LogP contribution in [0.5, 0.6) is 11.5 Å². The fraction of sp³-hybridized carbons (Fsp3) is 0.333. The number of amides is 2. The summed E-state index contributed by atoms with van der Waals surface area (Å²) in [5, 5.41) is 5.79. The van der Waals surface area contributed by atoms with E-state index in [9.17, 15) is 9.59 Å². The zero-order valence-electron chi connectivity index (χ0n) is 15.8. The van der Waals surface area contributed by atoms with Crippen molar-refractivity contribution in [2.75, 3.05) is 27.3 Å². The van der Waals surface area contributed by atoms with Gasteiger partial charge in [-0.3, -0.25) is 9.59 Å². The van der Waals surface area contributed by atoms with Gasteiger partial charge in [0.2, 0.25) is 0 Å². The lowest BCUT2D eigenvalue weighted by molar-refractivity contribution is 0.0947. The molecule has 2 N–H and O–H groups in total. The number of methoxy groups -OCH3 is 2. The van der Waals surface area contributed by atoms with E-state index in [1.54, 1.807) is 62.8 Å². The van der Waals surface area contributed by atoms with Gasteiger partial charge in [-0.25, -0.2) is 0 Å². The second kappa shape index (κ2) is 10.9. The average molecular weight is 370 g/mol. The number of nitrogens with one attached hydrogen (secondary N) is 2. The highest BCUT2D eigenvalue weighted by atomic mass is 16.5. The molecule has 0 saturated carbocycles. The quantitative estimate of drug-likeness (QED) is 0.630. The molecule has 2 aromatic rings. The SMILES string of the molecule is COc1ccc(C(=O)NCCCCCNC(=O)c2ccc(OC)cc2)cc1. The van der Waals surface area contributed by atoms with Crippen LogP contribution in [0, 0.1) is 0 Å². The molecule has 27 heavy (non-hydrogen) atoms. The lowest BCUT2D eigenvalue weighted by atomic mass is 10.2. The van der Waals surface area contributed by atoms with E-state index < -0.39 is 0 Å². The molecule has 0 aromatic heterocycles. The van der Waals surface area contributed by atoms with Crippen molar-refractivity contribution in [2.24, 2.45) is 0 Å². The third-order valence-corrected chi connectivity index (χ3v) is 4.13. The molecule has 2 aromatic carbocycles. The summed E-state index contributed by atoms with van der Waals surface area (Å²) >= 11 is 0. The molecule has 0 heterocycles. The molecule has 0 aliphatic carbocycles. The van der Waals surface area contributed by atoms with Crippen molar-refractivity contribution in [3.8, 4) is 11.5 Å². The zero-order valence-corrected chi connectivity index (χ0v) is 15.8. The van der Waals surface area contributed by atoms with E-state index in [4.69, 9.17) is 9.47 Å². The highest BCUT2D eigenvalue weighted by molar-refractivity contribution is 5.94. The normalized spacial score (nSPS) is 10.1. The van der Waals surface area contributed by atoms with Crippen LogP contribution >= 0.6 is 0 Å². The van der Waals surface area contributed by atoms with E-state index in [0.29, 0.717) is 24.2 Å². The number of carbonyl (C=O) groups is 2. The number of rotatable bonds is 10. The molecule has 0 aliphatic rings. The number of hydrogen-bond donors (Lipinski definition) is 2. The fourth-order valence-electron chi connectivity index (χ4n) is 2.52. The number of unbranched alkanes of at least 4 members (excludes halogenated alkanes) is 2. The molecule has 6 heteroatoms. The van der Waals surface area contributed by atoms with Gasteiger partial charge in [-0.2, -0.15) is 0 Å². The third-order valence-electron chi connectivity index (χ3n) is 4.13. The summed E-state index contributed by atoms with van der Waals surface area (Å²) < 4.78 is 10.1. The first-order valence-corrected chi connectivity index (χ1v) is 8.98. The zero-order chi connectivity index (χ0) is 19.5. The Labute approximate surface area is 159 Å². The number of ether oxygens (including phenoxy) is 2. The minimum atomic E-state index is -0.0922. The second-order valence-corrected chi connectivity index (χ2v) is 6.03. The van der Waals surface area contributed by atoms with Crippen molar-refractivity contribution >= 4 is 11.8 Å². The van der Waals surface area contributed by atoms with Gasteiger partial charge in [0, 0.05) is 24.2 Å². The Bertz CT molecular complexity index is 663. The molecule has 0 unspecified atom stereocenters. The number of hydrogen-bond acceptors (Lipinski definition) is 4. The van der Waals surface area contributed by atoms with E-state index in [0.717, 1.165) is 30.8 Å². The summed E-state index contributed by atoms with van der Waals surface area (Å²) in [6.45, 7) is 1.22. The average Bonchev–Trinajstić information content (AvgIpc) is 2.72. The van der Waals surface area contributed by atoms with Gasteiger partial charge in [-0.15, -0.1) is 0 Å². The van der Waals surface area contributed by atoms with Crippen LogP contribution < -0.4 is 20.1 Å². The molecule has 2 amide bonds. The van der Waals surface area contributed by atoms with E-state index in [-0.39, 0.29) is 11.8 Å². The highest BCUT2D eigenvalue weighted by Crippen LogP contribution is 2.12. The summed E-state index contributed by atoms with van der Waals surface area (Å²) in [6.07, 6.45) is 2.65. The Hall–Kier alpha value is -3.02. The van der Waals surface area contributed by atoms with Gasteiger partial charge in [0.1, 0.15) is 11.5 Å². The summed E-state index contributed by atoms with van der Waals surface area (Å²) in [5.41, 5.74) is 1.23. The van der Waals surface area contributed by atoms with Crippen LogP contribution in [-0.4, -0.2) is 39.1 Å². The van der Waals surface area contributed by atoms with Gasteiger partial charge in [0.15, 0.2) is 0 Å². The van der Waals surface area contributed by atoms with Crippen molar-refractivity contribution in [3.05, 3.63) is 59.7 Å². The van der Waals surface area contributed by atoms with Crippen LogP contribution in [0.4, 0.5) is 0 Å². The third kappa shape index (κ3) is 6.66. The van der Waals surface area contributed by atoms with E-state index in [2.05, 4.69) is 10.6 Å². The van der Waals surface area contributed by atoms with Gasteiger partial charge < -0.3 is 20.1 Å². The number of carbonyl (C=O) groups excluding carboxylic acids is 2. The van der Waals surface area contributed by atoms with Gasteiger partial charge in [0.25, 0.3) is 11.8 Å². The number of benzene rings is 2. The van der Waals surface area contributed by atoms with Gasteiger partial charge in [0.05, 0.1) is 14.2 Å². The van der Waals surface area contributed by atoms with Crippen LogP contribution in [0.3, 0.4) is 0 Å². The predicted octanol–water partition coefficient (Wildman–Crippen LogP) is 3.03. The Kier molecular flexibility index (Phi) is 8.16. The smallest absolute Gasteiger partial charge is 0.251 e. The maximum Gasteiger partial charge on any atom is 0.251 e. The van der Waals surface area contributed by atoms with Gasteiger partial charge in [-0.05, 0) is 67.8 Å². The van der Waals surface area contributed by atoms with Crippen LogP contribution in [0.2, 0.25) is 0 Å². The van der Waals surface area contributed by atoms with E-state index >= 15 is 0 Å². The molecule has 6 nitrogen and oxygen atoms in total. The Balaban J connectivity index is 1.57. The minimum absolute atomic E-state index is 0.0922. The van der Waals surface area contributed by atoms with Gasteiger partial charge >= 0.3 is 0 Å². The Morgan fingerprint density at radius 1 is 0.667 bits per heavy atom. The summed E-state index contributed by atoms with van der Waals surface area (Å²) in [4.78, 5) is 24.0. The molecule has 0 aliphatic heterocycles. The standard InChI is InChI=1S/C21H26N2O4/c1-26-18-10-6-16(7-11-18)20(24)22-14-4-3-5-15-23-21(25)17-8-12-19(27-2)13-9-17/h6-13H,3-5,14-15H2,1-2H3,(H,22,24)(H,23,25). The maximum absolute atomic E-state index is 12.0. The second-order valence-electron chi connectivity index (χ2n) is 6.03. The maximum atomic E-state index is 12.0. The molecule has 0 radical (unpaired) electrons. The molecule has 0 spiro atoms. The first kappa shape index (κ1) is 20.3. The lowest BCUT2D eigenvalue weighted by Crippen LogP contribution is -2.26. The summed E-state index contributed by atoms with van der Waals surface area (Å²) in [6, 6.07) is 14.0. The molecule has 0 bridgehead atoms. The molecular weight excluding hydrogens is 344 g/mol.